The third-order valence-corrected chi connectivity index (χ3v) is 2.60. The number of ether oxygens (including phenoxy) is 2. The van der Waals surface area contributed by atoms with Gasteiger partial charge in [0, 0.05) is 19.8 Å². The summed E-state index contributed by atoms with van der Waals surface area (Å²) in [6.45, 7) is 12.2. The second-order valence-electron chi connectivity index (χ2n) is 7.42. The Balaban J connectivity index is 0.000000697. The van der Waals surface area contributed by atoms with Gasteiger partial charge in [0.1, 0.15) is 17.0 Å². The van der Waals surface area contributed by atoms with Gasteiger partial charge in [-0.25, -0.2) is 9.78 Å². The minimum Gasteiger partial charge on any atom is -0.462 e. The molecule has 1 heterocycles. The Labute approximate surface area is 150 Å². The first-order chi connectivity index (χ1) is 11.4. The predicted octanol–water partition coefficient (Wildman–Crippen LogP) is 3.13. The number of nitrogens with zero attached hydrogens (tertiary/aromatic N) is 2. The molecule has 1 rings (SSSR count). The average molecular weight is 353 g/mol. The van der Waals surface area contributed by atoms with Gasteiger partial charge in [-0.15, -0.1) is 0 Å². The molecule has 25 heavy (non-hydrogen) atoms. The molecule has 0 fully saturated rings. The van der Waals surface area contributed by atoms with Crippen LogP contribution in [0.1, 0.15) is 47.1 Å². The summed E-state index contributed by atoms with van der Waals surface area (Å²) in [4.78, 5) is 27.0. The normalized spacial score (nSPS) is 11.0. The summed E-state index contributed by atoms with van der Waals surface area (Å²) < 4.78 is 9.81. The highest BCUT2D eigenvalue weighted by atomic mass is 16.6. The molecule has 0 spiro atoms. The van der Waals surface area contributed by atoms with E-state index in [4.69, 9.17) is 4.74 Å². The summed E-state index contributed by atoms with van der Waals surface area (Å²) >= 11 is 0. The lowest BCUT2D eigenvalue weighted by atomic mass is 10.2. The number of hydrogen-bond acceptors (Lipinski definition) is 6. The second-order valence-corrected chi connectivity index (χ2v) is 7.42. The number of anilines is 1. The average Bonchev–Trinajstić information content (AvgIpc) is 2.45. The van der Waals surface area contributed by atoms with Crippen LogP contribution in [0.2, 0.25) is 0 Å². The van der Waals surface area contributed by atoms with Crippen LogP contribution < -0.4 is 10.2 Å². The molecule has 1 amide bonds. The number of carbonyl (C=O) groups is 2. The maximum Gasteiger partial charge on any atom is 0.415 e. The standard InChI is InChI=1S/C13H21N3O2.C5H10O2/c1-13(2,3)18-12(17)16(5)11-7-6-10(8-14-4)9-15-11;1-5(2,3)7-4-6/h6-7,9,14H,8H2,1-5H3;4H,1-3H3. The van der Waals surface area contributed by atoms with Gasteiger partial charge in [-0.05, 0) is 60.2 Å². The van der Waals surface area contributed by atoms with Crippen LogP contribution in [0.3, 0.4) is 0 Å². The van der Waals surface area contributed by atoms with Crippen LogP contribution in [-0.2, 0) is 20.8 Å². The van der Waals surface area contributed by atoms with Crippen LogP contribution in [0, 0.1) is 0 Å². The molecule has 0 bridgehead atoms. The fraction of sp³-hybridized carbons (Fsp3) is 0.611. The van der Waals surface area contributed by atoms with Crippen LogP contribution in [0.15, 0.2) is 18.3 Å². The fourth-order valence-electron chi connectivity index (χ4n) is 1.49. The van der Waals surface area contributed by atoms with E-state index in [1.165, 1.54) is 4.90 Å². The molecule has 0 aromatic carbocycles. The molecule has 0 unspecified atom stereocenters. The van der Waals surface area contributed by atoms with E-state index in [0.29, 0.717) is 12.3 Å². The van der Waals surface area contributed by atoms with Gasteiger partial charge in [0.05, 0.1) is 0 Å². The van der Waals surface area contributed by atoms with Crippen molar-refractivity contribution < 1.29 is 19.1 Å². The van der Waals surface area contributed by atoms with Gasteiger partial charge < -0.3 is 14.8 Å². The van der Waals surface area contributed by atoms with Crippen LogP contribution >= 0.6 is 0 Å². The zero-order valence-electron chi connectivity index (χ0n) is 16.5. The van der Waals surface area contributed by atoms with Crippen molar-refractivity contribution in [2.24, 2.45) is 0 Å². The molecular formula is C18H31N3O4. The first-order valence-electron chi connectivity index (χ1n) is 8.07. The molecule has 0 aliphatic carbocycles. The van der Waals surface area contributed by atoms with E-state index in [1.54, 1.807) is 19.3 Å². The highest BCUT2D eigenvalue weighted by Crippen LogP contribution is 2.14. The van der Waals surface area contributed by atoms with Gasteiger partial charge in [-0.2, -0.15) is 0 Å². The van der Waals surface area contributed by atoms with Crippen LogP contribution in [-0.4, -0.2) is 42.8 Å². The van der Waals surface area contributed by atoms with E-state index in [0.717, 1.165) is 12.1 Å². The number of carbonyl (C=O) groups excluding carboxylic acids is 2. The van der Waals surface area contributed by atoms with E-state index < -0.39 is 11.7 Å². The monoisotopic (exact) mass is 353 g/mol. The Morgan fingerprint density at radius 1 is 1.20 bits per heavy atom. The van der Waals surface area contributed by atoms with E-state index in [9.17, 15) is 9.59 Å². The minimum absolute atomic E-state index is 0.318. The summed E-state index contributed by atoms with van der Waals surface area (Å²) in [6, 6.07) is 3.73. The zero-order valence-corrected chi connectivity index (χ0v) is 16.5. The molecule has 0 aliphatic heterocycles. The Bertz CT molecular complexity index is 531. The Morgan fingerprint density at radius 2 is 1.80 bits per heavy atom. The van der Waals surface area contributed by atoms with Crippen molar-refractivity contribution in [3.05, 3.63) is 23.9 Å². The Hall–Kier alpha value is -2.15. The second kappa shape index (κ2) is 9.98. The van der Waals surface area contributed by atoms with Gasteiger partial charge in [-0.3, -0.25) is 9.69 Å². The van der Waals surface area contributed by atoms with Crippen LogP contribution in [0.5, 0.6) is 0 Å². The molecular weight excluding hydrogens is 322 g/mol. The number of pyridine rings is 1. The van der Waals surface area contributed by atoms with Crippen molar-refractivity contribution in [2.45, 2.75) is 59.3 Å². The van der Waals surface area contributed by atoms with Gasteiger partial charge in [0.15, 0.2) is 0 Å². The first kappa shape index (κ1) is 22.9. The van der Waals surface area contributed by atoms with Crippen molar-refractivity contribution in [2.75, 3.05) is 19.0 Å². The number of amides is 1. The molecule has 0 saturated heterocycles. The van der Waals surface area contributed by atoms with E-state index in [1.807, 2.05) is 54.7 Å². The molecule has 1 aromatic rings. The molecule has 0 aliphatic rings. The number of hydrogen-bond donors (Lipinski definition) is 1. The number of aromatic nitrogens is 1. The van der Waals surface area contributed by atoms with Crippen LogP contribution in [0.4, 0.5) is 10.6 Å². The molecule has 7 nitrogen and oxygen atoms in total. The van der Waals surface area contributed by atoms with Gasteiger partial charge in [0.2, 0.25) is 0 Å². The lowest BCUT2D eigenvalue weighted by molar-refractivity contribution is -0.138. The number of nitrogens with one attached hydrogen (secondary N) is 1. The maximum absolute atomic E-state index is 11.8. The van der Waals surface area contributed by atoms with Crippen molar-refractivity contribution in [3.63, 3.8) is 0 Å². The maximum atomic E-state index is 11.8. The first-order valence-corrected chi connectivity index (χ1v) is 8.07. The smallest absolute Gasteiger partial charge is 0.415 e. The topological polar surface area (TPSA) is 80.8 Å². The summed E-state index contributed by atoms with van der Waals surface area (Å²) in [6.07, 6.45) is 1.34. The predicted molar refractivity (Wildman–Crippen MR) is 98.5 cm³/mol. The third-order valence-electron chi connectivity index (χ3n) is 2.60. The fourth-order valence-corrected chi connectivity index (χ4v) is 1.49. The van der Waals surface area contributed by atoms with Crippen molar-refractivity contribution in [3.8, 4) is 0 Å². The Morgan fingerprint density at radius 3 is 2.12 bits per heavy atom. The van der Waals surface area contributed by atoms with Gasteiger partial charge in [-0.1, -0.05) is 6.07 Å². The Kier molecular flexibility index (Phi) is 9.12. The highest BCUT2D eigenvalue weighted by molar-refractivity contribution is 5.85. The minimum atomic E-state index is -0.503. The van der Waals surface area contributed by atoms with Crippen LogP contribution in [0.25, 0.3) is 0 Å². The molecule has 0 atom stereocenters. The van der Waals surface area contributed by atoms with E-state index in [-0.39, 0.29) is 5.60 Å². The molecule has 7 heteroatoms. The third kappa shape index (κ3) is 11.1. The number of rotatable bonds is 4. The lowest BCUT2D eigenvalue weighted by Crippen LogP contribution is -2.34. The molecule has 1 N–H and O–H groups in total. The zero-order chi connectivity index (χ0) is 19.7. The largest absolute Gasteiger partial charge is 0.462 e. The van der Waals surface area contributed by atoms with Crippen molar-refractivity contribution in [1.29, 1.82) is 0 Å². The van der Waals surface area contributed by atoms with Gasteiger partial charge in [0.25, 0.3) is 6.47 Å². The molecule has 0 radical (unpaired) electrons. The van der Waals surface area contributed by atoms with E-state index >= 15 is 0 Å². The molecule has 1 aromatic heterocycles. The lowest BCUT2D eigenvalue weighted by Gasteiger charge is -2.24. The van der Waals surface area contributed by atoms with E-state index in [2.05, 4.69) is 15.0 Å². The summed E-state index contributed by atoms with van der Waals surface area (Å²) in [5.41, 5.74) is 0.248. The molecule has 0 saturated carbocycles. The van der Waals surface area contributed by atoms with Gasteiger partial charge >= 0.3 is 6.09 Å². The summed E-state index contributed by atoms with van der Waals surface area (Å²) in [7, 11) is 3.52. The molecule has 142 valence electrons. The SMILES string of the molecule is CC(C)(C)OC=O.CNCc1ccc(N(C)C(=O)OC(C)(C)C)nc1. The van der Waals surface area contributed by atoms with Crippen molar-refractivity contribution >= 4 is 18.4 Å². The highest BCUT2D eigenvalue weighted by Gasteiger charge is 2.21. The quantitative estimate of drug-likeness (QED) is 0.838. The van der Waals surface area contributed by atoms with Crippen molar-refractivity contribution in [1.82, 2.24) is 10.3 Å². The summed E-state index contributed by atoms with van der Waals surface area (Å²) in [5.74, 6) is 0.573. The summed E-state index contributed by atoms with van der Waals surface area (Å²) in [5, 5.41) is 3.04.